The molecule has 0 bridgehead atoms. The summed E-state index contributed by atoms with van der Waals surface area (Å²) in [5, 5.41) is 0. The van der Waals surface area contributed by atoms with Crippen LogP contribution in [0.15, 0.2) is 60.9 Å². The molecule has 1 aliphatic rings. The van der Waals surface area contributed by atoms with Crippen molar-refractivity contribution < 1.29 is 17.9 Å². The van der Waals surface area contributed by atoms with Gasteiger partial charge in [0.25, 0.3) is 0 Å². The second-order valence-electron chi connectivity index (χ2n) is 6.96. The van der Waals surface area contributed by atoms with Crippen molar-refractivity contribution >= 4 is 21.7 Å². The monoisotopic (exact) mass is 411 g/mol. The summed E-state index contributed by atoms with van der Waals surface area (Å²) in [4.78, 5) is 16.8. The van der Waals surface area contributed by atoms with E-state index in [2.05, 4.69) is 4.98 Å². The van der Waals surface area contributed by atoms with Crippen molar-refractivity contribution in [3.63, 3.8) is 0 Å². The smallest absolute Gasteiger partial charge is 0.338 e. The van der Waals surface area contributed by atoms with E-state index in [1.165, 1.54) is 10.6 Å². The molecule has 29 heavy (non-hydrogen) atoms. The Kier molecular flexibility index (Phi) is 5.10. The maximum atomic E-state index is 12.5. The van der Waals surface area contributed by atoms with E-state index >= 15 is 0 Å². The number of esters is 1. The molecular weight excluding hydrogens is 390 g/mol. The summed E-state index contributed by atoms with van der Waals surface area (Å²) in [5.74, 6) is 0.200. The fourth-order valence-electron chi connectivity index (χ4n) is 3.46. The second-order valence-corrected chi connectivity index (χ2v) is 8.87. The van der Waals surface area contributed by atoms with Crippen LogP contribution in [0.25, 0.3) is 0 Å². The number of ether oxygens (including phenoxy) is 1. The highest BCUT2D eigenvalue weighted by Gasteiger charge is 2.27. The van der Waals surface area contributed by atoms with E-state index in [9.17, 15) is 13.2 Å². The molecule has 0 atom stereocenters. The molecule has 0 N–H and O–H groups in total. The van der Waals surface area contributed by atoms with Gasteiger partial charge < -0.3 is 9.30 Å². The van der Waals surface area contributed by atoms with Crippen LogP contribution in [-0.4, -0.2) is 36.7 Å². The molecule has 0 fully saturated rings. The van der Waals surface area contributed by atoms with Gasteiger partial charge in [0.15, 0.2) is 0 Å². The van der Waals surface area contributed by atoms with E-state index in [0.717, 1.165) is 11.1 Å². The maximum Gasteiger partial charge on any atom is 0.338 e. The van der Waals surface area contributed by atoms with Crippen LogP contribution in [0.2, 0.25) is 0 Å². The van der Waals surface area contributed by atoms with Crippen molar-refractivity contribution in [2.45, 2.75) is 19.6 Å². The lowest BCUT2D eigenvalue weighted by molar-refractivity contribution is 0.0458. The van der Waals surface area contributed by atoms with E-state index in [4.69, 9.17) is 4.74 Å². The van der Waals surface area contributed by atoms with Gasteiger partial charge in [-0.05, 0) is 35.7 Å². The first-order chi connectivity index (χ1) is 13.9. The molecule has 4 rings (SSSR count). The first kappa shape index (κ1) is 19.2. The lowest BCUT2D eigenvalue weighted by Gasteiger charge is -2.16. The van der Waals surface area contributed by atoms with E-state index in [-0.39, 0.29) is 6.61 Å². The number of sulfonamides is 1. The topological polar surface area (TPSA) is 81.5 Å². The Hall–Kier alpha value is -3.13. The molecule has 0 spiro atoms. The molecule has 0 radical (unpaired) electrons. The summed E-state index contributed by atoms with van der Waals surface area (Å²) >= 11 is 0. The quantitative estimate of drug-likeness (QED) is 0.583. The van der Waals surface area contributed by atoms with Crippen molar-refractivity contribution in [3.05, 3.63) is 83.4 Å². The average molecular weight is 411 g/mol. The number of nitrogens with zero attached hydrogens (tertiary/aromatic N) is 3. The fraction of sp³-hybridized carbons (Fsp3) is 0.238. The predicted octanol–water partition coefficient (Wildman–Crippen LogP) is 2.61. The number of aromatic nitrogens is 2. The van der Waals surface area contributed by atoms with Gasteiger partial charge in [-0.2, -0.15) is 0 Å². The van der Waals surface area contributed by atoms with Crippen LogP contribution in [-0.2, 0) is 34.3 Å². The Bertz CT molecular complexity index is 1140. The zero-order chi connectivity index (χ0) is 20.4. The summed E-state index contributed by atoms with van der Waals surface area (Å²) in [5.41, 5.74) is 2.99. The minimum absolute atomic E-state index is 0.0607. The third kappa shape index (κ3) is 4.17. The zero-order valence-corrected chi connectivity index (χ0v) is 16.8. The summed E-state index contributed by atoms with van der Waals surface area (Å²) in [6.45, 7) is 1.10. The summed E-state index contributed by atoms with van der Waals surface area (Å²) in [7, 11) is -3.31. The lowest BCUT2D eigenvalue weighted by atomic mass is 10.1. The number of imidazole rings is 1. The van der Waals surface area contributed by atoms with Gasteiger partial charge in [0, 0.05) is 25.5 Å². The van der Waals surface area contributed by atoms with Crippen LogP contribution in [0.5, 0.6) is 0 Å². The van der Waals surface area contributed by atoms with Crippen molar-refractivity contribution in [1.82, 2.24) is 9.55 Å². The third-order valence-electron chi connectivity index (χ3n) is 4.90. The molecule has 7 nitrogen and oxygen atoms in total. The van der Waals surface area contributed by atoms with Crippen LogP contribution in [0, 0.1) is 0 Å². The standard InChI is InChI=1S/C21H21N3O4S/c1-29(26,27)24-11-9-17-13-18(7-8-19(17)24)21(25)28-15-20-22-10-12-23(20)14-16-5-3-2-4-6-16/h2-8,10,12-13H,9,11,14-15H2,1H3. The van der Waals surface area contributed by atoms with Gasteiger partial charge in [-0.3, -0.25) is 4.31 Å². The first-order valence-electron chi connectivity index (χ1n) is 9.23. The number of hydrogen-bond donors (Lipinski definition) is 0. The SMILES string of the molecule is CS(=O)(=O)N1CCc2cc(C(=O)OCc3nccn3Cc3ccccc3)ccc21. The maximum absolute atomic E-state index is 12.5. The molecule has 0 unspecified atom stereocenters. The Morgan fingerprint density at radius 2 is 1.97 bits per heavy atom. The van der Waals surface area contributed by atoms with Gasteiger partial charge in [0.05, 0.1) is 17.5 Å². The number of carbonyl (C=O) groups is 1. The van der Waals surface area contributed by atoms with Gasteiger partial charge in [0.2, 0.25) is 10.0 Å². The van der Waals surface area contributed by atoms with Gasteiger partial charge in [-0.25, -0.2) is 18.2 Å². The minimum atomic E-state index is -3.31. The highest BCUT2D eigenvalue weighted by atomic mass is 32.2. The van der Waals surface area contributed by atoms with Crippen LogP contribution < -0.4 is 4.31 Å². The number of benzene rings is 2. The van der Waals surface area contributed by atoms with Crippen molar-refractivity contribution in [2.24, 2.45) is 0 Å². The van der Waals surface area contributed by atoms with Gasteiger partial charge in [0.1, 0.15) is 12.4 Å². The molecule has 8 heteroatoms. The van der Waals surface area contributed by atoms with Crippen molar-refractivity contribution in [3.8, 4) is 0 Å². The highest BCUT2D eigenvalue weighted by molar-refractivity contribution is 7.92. The molecule has 1 aliphatic heterocycles. The fourth-order valence-corrected chi connectivity index (χ4v) is 4.42. The number of anilines is 1. The molecule has 0 aliphatic carbocycles. The number of fused-ring (bicyclic) bond motifs is 1. The molecule has 0 amide bonds. The van der Waals surface area contributed by atoms with E-state index in [0.29, 0.717) is 36.6 Å². The van der Waals surface area contributed by atoms with Crippen LogP contribution >= 0.6 is 0 Å². The molecule has 0 saturated heterocycles. The Morgan fingerprint density at radius 1 is 1.17 bits per heavy atom. The molecule has 0 saturated carbocycles. The molecule has 2 aromatic carbocycles. The van der Waals surface area contributed by atoms with Crippen LogP contribution in [0.1, 0.15) is 27.3 Å². The van der Waals surface area contributed by atoms with E-state index in [1.54, 1.807) is 24.4 Å². The lowest BCUT2D eigenvalue weighted by Crippen LogP contribution is -2.27. The summed E-state index contributed by atoms with van der Waals surface area (Å²) in [6, 6.07) is 14.9. The van der Waals surface area contributed by atoms with E-state index in [1.807, 2.05) is 41.1 Å². The minimum Gasteiger partial charge on any atom is -0.454 e. The predicted molar refractivity (Wildman–Crippen MR) is 109 cm³/mol. The van der Waals surface area contributed by atoms with Crippen molar-refractivity contribution in [1.29, 1.82) is 0 Å². The van der Waals surface area contributed by atoms with Gasteiger partial charge in [-0.15, -0.1) is 0 Å². The molecule has 150 valence electrons. The molecular formula is C21H21N3O4S. The molecule has 3 aromatic rings. The first-order valence-corrected chi connectivity index (χ1v) is 11.1. The second kappa shape index (κ2) is 7.71. The summed E-state index contributed by atoms with van der Waals surface area (Å²) in [6.07, 6.45) is 5.29. The molecule has 1 aromatic heterocycles. The van der Waals surface area contributed by atoms with Gasteiger partial charge >= 0.3 is 5.97 Å². The summed E-state index contributed by atoms with van der Waals surface area (Å²) < 4.78 is 32.4. The van der Waals surface area contributed by atoms with Crippen LogP contribution in [0.3, 0.4) is 0 Å². The third-order valence-corrected chi connectivity index (χ3v) is 6.08. The highest BCUT2D eigenvalue weighted by Crippen LogP contribution is 2.30. The normalized spacial score (nSPS) is 13.3. The zero-order valence-electron chi connectivity index (χ0n) is 16.0. The Balaban J connectivity index is 1.43. The largest absolute Gasteiger partial charge is 0.454 e. The van der Waals surface area contributed by atoms with Crippen molar-refractivity contribution in [2.75, 3.05) is 17.1 Å². The number of carbonyl (C=O) groups excluding carboxylic acids is 1. The van der Waals surface area contributed by atoms with Crippen LogP contribution in [0.4, 0.5) is 5.69 Å². The Morgan fingerprint density at radius 3 is 2.72 bits per heavy atom. The Labute approximate surface area is 169 Å². The number of hydrogen-bond acceptors (Lipinski definition) is 5. The number of rotatable bonds is 6. The van der Waals surface area contributed by atoms with E-state index < -0.39 is 16.0 Å². The van der Waals surface area contributed by atoms with Gasteiger partial charge in [-0.1, -0.05) is 30.3 Å². The average Bonchev–Trinajstić information content (AvgIpc) is 3.32. The molecule has 2 heterocycles.